The van der Waals surface area contributed by atoms with Gasteiger partial charge >= 0.3 is 17.9 Å². The van der Waals surface area contributed by atoms with E-state index in [0.717, 1.165) is 0 Å². The summed E-state index contributed by atoms with van der Waals surface area (Å²) in [7, 11) is 0. The van der Waals surface area contributed by atoms with E-state index in [0.29, 0.717) is 11.1 Å². The van der Waals surface area contributed by atoms with Crippen molar-refractivity contribution in [1.82, 2.24) is 0 Å². The fourth-order valence-electron chi connectivity index (χ4n) is 3.15. The molecule has 2 N–H and O–H groups in total. The molecule has 8 heteroatoms. The second-order valence-corrected chi connectivity index (χ2v) is 7.23. The van der Waals surface area contributed by atoms with E-state index in [2.05, 4.69) is 13.2 Å². The van der Waals surface area contributed by atoms with Gasteiger partial charge in [0.15, 0.2) is 0 Å². The van der Waals surface area contributed by atoms with E-state index >= 15 is 0 Å². The zero-order chi connectivity index (χ0) is 21.9. The van der Waals surface area contributed by atoms with E-state index in [4.69, 9.17) is 14.2 Å². The van der Waals surface area contributed by atoms with Crippen LogP contribution in [0.2, 0.25) is 0 Å². The first-order chi connectivity index (χ1) is 13.5. The van der Waals surface area contributed by atoms with Crippen molar-refractivity contribution in [3.63, 3.8) is 0 Å². The maximum absolute atomic E-state index is 12.5. The minimum absolute atomic E-state index is 0.0457. The smallest absolute Gasteiger partial charge is 0.337 e. The van der Waals surface area contributed by atoms with Crippen LogP contribution in [-0.2, 0) is 28.6 Å². The molecule has 2 rings (SSSR count). The molecule has 1 saturated heterocycles. The average Bonchev–Trinajstić information content (AvgIpc) is 2.93. The molecule has 1 aliphatic carbocycles. The number of ether oxygens (including phenoxy) is 3. The summed E-state index contributed by atoms with van der Waals surface area (Å²) < 4.78 is 15.6. The molecule has 0 aromatic carbocycles. The Morgan fingerprint density at radius 3 is 2.55 bits per heavy atom. The maximum Gasteiger partial charge on any atom is 0.337 e. The highest BCUT2D eigenvalue weighted by Crippen LogP contribution is 2.36. The normalized spacial score (nSPS) is 33.3. The molecule has 0 amide bonds. The van der Waals surface area contributed by atoms with Crippen molar-refractivity contribution in [1.29, 1.82) is 0 Å². The van der Waals surface area contributed by atoms with Crippen molar-refractivity contribution in [2.75, 3.05) is 6.61 Å². The third kappa shape index (κ3) is 5.21. The van der Waals surface area contributed by atoms with Gasteiger partial charge in [0, 0.05) is 12.5 Å². The van der Waals surface area contributed by atoms with Gasteiger partial charge in [-0.25, -0.2) is 9.59 Å². The third-order valence-corrected chi connectivity index (χ3v) is 4.99. The SMILES string of the molecule is C=C(COC(C)=O)C(=O)O[C@@H]1[C@H]2C(=C)C(=O)O[C@@H]2/C=C(/C)[C@H](O)C/C=C(\C)[C@H]1O. The summed E-state index contributed by atoms with van der Waals surface area (Å²) in [5, 5.41) is 21.1. The summed E-state index contributed by atoms with van der Waals surface area (Å²) >= 11 is 0. The molecule has 1 aliphatic heterocycles. The van der Waals surface area contributed by atoms with Gasteiger partial charge in [-0.05, 0) is 37.5 Å². The quantitative estimate of drug-likeness (QED) is 0.309. The van der Waals surface area contributed by atoms with Crippen molar-refractivity contribution in [3.05, 3.63) is 47.6 Å². The maximum atomic E-state index is 12.5. The van der Waals surface area contributed by atoms with Crippen LogP contribution in [0, 0.1) is 5.92 Å². The van der Waals surface area contributed by atoms with Crippen LogP contribution in [0.1, 0.15) is 27.2 Å². The van der Waals surface area contributed by atoms with Crippen LogP contribution in [0.4, 0.5) is 0 Å². The van der Waals surface area contributed by atoms with Gasteiger partial charge in [-0.3, -0.25) is 4.79 Å². The zero-order valence-corrected chi connectivity index (χ0v) is 16.7. The van der Waals surface area contributed by atoms with E-state index in [1.54, 1.807) is 26.0 Å². The Hall–Kier alpha value is -2.71. The summed E-state index contributed by atoms with van der Waals surface area (Å²) in [6, 6.07) is 0. The van der Waals surface area contributed by atoms with Crippen LogP contribution >= 0.6 is 0 Å². The average molecular weight is 406 g/mol. The molecule has 1 heterocycles. The molecule has 0 saturated carbocycles. The number of carbonyl (C=O) groups is 3. The number of hydrogen-bond donors (Lipinski definition) is 2. The number of fused-ring (bicyclic) bond motifs is 1. The number of hydrogen-bond acceptors (Lipinski definition) is 8. The first-order valence-corrected chi connectivity index (χ1v) is 9.16. The highest BCUT2D eigenvalue weighted by molar-refractivity contribution is 5.92. The van der Waals surface area contributed by atoms with Gasteiger partial charge in [-0.2, -0.15) is 0 Å². The summed E-state index contributed by atoms with van der Waals surface area (Å²) in [6.07, 6.45) is -0.715. The van der Waals surface area contributed by atoms with Gasteiger partial charge in [0.2, 0.25) is 0 Å². The van der Waals surface area contributed by atoms with Gasteiger partial charge in [0.1, 0.15) is 24.9 Å². The molecular formula is C21H26O8. The Morgan fingerprint density at radius 1 is 1.28 bits per heavy atom. The fraction of sp³-hybridized carbons (Fsp3) is 0.476. The van der Waals surface area contributed by atoms with E-state index in [1.807, 2.05) is 0 Å². The Kier molecular flexibility index (Phi) is 7.16. The van der Waals surface area contributed by atoms with E-state index in [9.17, 15) is 24.6 Å². The molecule has 0 bridgehead atoms. The number of rotatable bonds is 4. The van der Waals surface area contributed by atoms with Gasteiger partial charge in [0.25, 0.3) is 0 Å². The Labute approximate surface area is 169 Å². The number of esters is 3. The minimum Gasteiger partial charge on any atom is -0.461 e. The predicted molar refractivity (Wildman–Crippen MR) is 102 cm³/mol. The highest BCUT2D eigenvalue weighted by Gasteiger charge is 2.47. The molecular weight excluding hydrogens is 380 g/mol. The first-order valence-electron chi connectivity index (χ1n) is 9.16. The lowest BCUT2D eigenvalue weighted by atomic mass is 9.83. The van der Waals surface area contributed by atoms with E-state index in [1.165, 1.54) is 6.92 Å². The summed E-state index contributed by atoms with van der Waals surface area (Å²) in [6.45, 7) is 11.4. The van der Waals surface area contributed by atoms with Crippen LogP contribution in [0.5, 0.6) is 0 Å². The lowest BCUT2D eigenvalue weighted by Gasteiger charge is -2.31. The largest absolute Gasteiger partial charge is 0.461 e. The lowest BCUT2D eigenvalue weighted by molar-refractivity contribution is -0.154. The van der Waals surface area contributed by atoms with Crippen LogP contribution in [0.25, 0.3) is 0 Å². The summed E-state index contributed by atoms with van der Waals surface area (Å²) in [4.78, 5) is 35.5. The van der Waals surface area contributed by atoms with Crippen molar-refractivity contribution in [2.45, 2.75) is 51.6 Å². The number of carbonyl (C=O) groups excluding carboxylic acids is 3. The molecule has 8 nitrogen and oxygen atoms in total. The molecule has 0 spiro atoms. The minimum atomic E-state index is -1.28. The monoisotopic (exact) mass is 406 g/mol. The number of aliphatic hydroxyl groups is 2. The lowest BCUT2D eigenvalue weighted by Crippen LogP contribution is -2.43. The molecule has 0 unspecified atom stereocenters. The van der Waals surface area contributed by atoms with Crippen LogP contribution < -0.4 is 0 Å². The van der Waals surface area contributed by atoms with Crippen molar-refractivity contribution in [2.24, 2.45) is 5.92 Å². The van der Waals surface area contributed by atoms with Gasteiger partial charge in [-0.15, -0.1) is 0 Å². The Bertz CT molecular complexity index is 791. The molecule has 0 aromatic heterocycles. The number of aliphatic hydroxyl groups excluding tert-OH is 2. The topological polar surface area (TPSA) is 119 Å². The standard InChI is InChI=1S/C21H26O8/c1-10-6-7-15(23)11(2)8-16-17(13(4)21(26)28-16)19(18(10)24)29-20(25)12(3)9-27-14(5)22/h6,8,15-19,23-24H,3-4,7,9H2,1-2,5H3/b10-6+,11-8-/t15-,16-,17+,18-,19-/m1/s1. The molecule has 0 aromatic rings. The molecule has 29 heavy (non-hydrogen) atoms. The van der Waals surface area contributed by atoms with Crippen molar-refractivity contribution in [3.8, 4) is 0 Å². The fourth-order valence-corrected chi connectivity index (χ4v) is 3.15. The molecule has 2 aliphatic rings. The van der Waals surface area contributed by atoms with Gasteiger partial charge < -0.3 is 24.4 Å². The van der Waals surface area contributed by atoms with Crippen molar-refractivity contribution >= 4 is 17.9 Å². The molecule has 1 fully saturated rings. The third-order valence-electron chi connectivity index (χ3n) is 4.99. The van der Waals surface area contributed by atoms with Gasteiger partial charge in [0.05, 0.1) is 17.6 Å². The highest BCUT2D eigenvalue weighted by atomic mass is 16.6. The second kappa shape index (κ2) is 9.19. The summed E-state index contributed by atoms with van der Waals surface area (Å²) in [5.74, 6) is -3.01. The van der Waals surface area contributed by atoms with E-state index < -0.39 is 48.2 Å². The van der Waals surface area contributed by atoms with Crippen molar-refractivity contribution < 1.29 is 38.8 Å². The first kappa shape index (κ1) is 22.6. The van der Waals surface area contributed by atoms with Crippen LogP contribution in [0.15, 0.2) is 47.6 Å². The van der Waals surface area contributed by atoms with Crippen LogP contribution in [-0.4, -0.2) is 59.1 Å². The molecule has 5 atom stereocenters. The predicted octanol–water partition coefficient (Wildman–Crippen LogP) is 1.13. The van der Waals surface area contributed by atoms with Gasteiger partial charge in [-0.1, -0.05) is 19.2 Å². The summed E-state index contributed by atoms with van der Waals surface area (Å²) in [5.41, 5.74) is 0.949. The van der Waals surface area contributed by atoms with Crippen LogP contribution in [0.3, 0.4) is 0 Å². The Morgan fingerprint density at radius 2 is 1.93 bits per heavy atom. The zero-order valence-electron chi connectivity index (χ0n) is 16.7. The molecule has 158 valence electrons. The second-order valence-electron chi connectivity index (χ2n) is 7.23. The van der Waals surface area contributed by atoms with E-state index in [-0.39, 0.29) is 24.2 Å². The molecule has 0 radical (unpaired) electrons. The Balaban J connectivity index is 2.38.